The zero-order chi connectivity index (χ0) is 17.7. The Morgan fingerprint density at radius 1 is 1.38 bits per heavy atom. The van der Waals surface area contributed by atoms with E-state index in [1.807, 2.05) is 19.1 Å². The standard InChI is InChI=1S/C21H32N2O/c1-6-16-12-18-15(3)21(5,17(16)11-14(2)19(22)24)9-10-23(18)13-20(4)7-8-20/h6,11,15,18H,1,7-10,12-13H2,2-5H3,(H2,22,24)/b14-11+/t15?,18?,21-/m1/s1. The average Bonchev–Trinajstić information content (AvgIpc) is 3.25. The Balaban J connectivity index is 1.96. The van der Waals surface area contributed by atoms with Gasteiger partial charge in [0.05, 0.1) is 0 Å². The highest BCUT2D eigenvalue weighted by Gasteiger charge is 2.50. The van der Waals surface area contributed by atoms with Crippen molar-refractivity contribution >= 4 is 5.91 Å². The summed E-state index contributed by atoms with van der Waals surface area (Å²) in [7, 11) is 0. The van der Waals surface area contributed by atoms with Crippen molar-refractivity contribution in [1.82, 2.24) is 4.90 Å². The molecule has 1 saturated carbocycles. The molecule has 0 radical (unpaired) electrons. The van der Waals surface area contributed by atoms with Gasteiger partial charge in [-0.1, -0.05) is 33.4 Å². The molecule has 2 N–H and O–H groups in total. The second-order valence-electron chi connectivity index (χ2n) is 8.84. The Labute approximate surface area is 146 Å². The fourth-order valence-corrected chi connectivity index (χ4v) is 4.69. The molecule has 0 aromatic carbocycles. The highest BCUT2D eigenvalue weighted by Crippen LogP contribution is 2.54. The first-order chi connectivity index (χ1) is 11.2. The number of likely N-dealkylation sites (tertiary alicyclic amines) is 1. The molecule has 2 bridgehead atoms. The van der Waals surface area contributed by atoms with Gasteiger partial charge in [-0.15, -0.1) is 0 Å². The maximum absolute atomic E-state index is 11.5. The summed E-state index contributed by atoms with van der Waals surface area (Å²) in [5.41, 5.74) is 9.36. The fraction of sp³-hybridized carbons (Fsp3) is 0.667. The molecular formula is C21H32N2O. The summed E-state index contributed by atoms with van der Waals surface area (Å²) < 4.78 is 0. The van der Waals surface area contributed by atoms with E-state index in [0.29, 0.717) is 22.9 Å². The van der Waals surface area contributed by atoms with E-state index in [0.717, 1.165) is 19.4 Å². The molecule has 3 heteroatoms. The molecule has 132 valence electrons. The number of allylic oxidation sites excluding steroid dienone is 3. The van der Waals surface area contributed by atoms with Crippen LogP contribution in [0, 0.1) is 16.7 Å². The minimum Gasteiger partial charge on any atom is -0.366 e. The number of hydrogen-bond donors (Lipinski definition) is 1. The number of carbonyl (C=O) groups excluding carboxylic acids is 1. The molecule has 24 heavy (non-hydrogen) atoms. The van der Waals surface area contributed by atoms with E-state index in [1.165, 1.54) is 30.5 Å². The van der Waals surface area contributed by atoms with E-state index in [-0.39, 0.29) is 11.3 Å². The number of amides is 1. The van der Waals surface area contributed by atoms with Gasteiger partial charge in [0.25, 0.3) is 0 Å². The number of fused-ring (bicyclic) bond motifs is 2. The molecule has 1 aliphatic heterocycles. The van der Waals surface area contributed by atoms with E-state index in [1.54, 1.807) is 0 Å². The number of carbonyl (C=O) groups is 1. The summed E-state index contributed by atoms with van der Waals surface area (Å²) in [6.07, 6.45) is 8.95. The molecule has 0 aromatic rings. The van der Waals surface area contributed by atoms with Crippen LogP contribution >= 0.6 is 0 Å². The zero-order valence-corrected chi connectivity index (χ0v) is 15.7. The van der Waals surface area contributed by atoms with Crippen molar-refractivity contribution in [3.8, 4) is 0 Å². The summed E-state index contributed by atoms with van der Waals surface area (Å²) in [5, 5.41) is 0. The summed E-state index contributed by atoms with van der Waals surface area (Å²) in [6, 6.07) is 0.584. The molecule has 1 heterocycles. The van der Waals surface area contributed by atoms with Crippen LogP contribution in [-0.2, 0) is 4.79 Å². The van der Waals surface area contributed by atoms with E-state index in [2.05, 4.69) is 32.3 Å². The number of nitrogens with zero attached hydrogens (tertiary/aromatic N) is 1. The molecule has 3 rings (SSSR count). The second kappa shape index (κ2) is 5.87. The van der Waals surface area contributed by atoms with Gasteiger partial charge < -0.3 is 5.73 Å². The van der Waals surface area contributed by atoms with Gasteiger partial charge in [0, 0.05) is 18.2 Å². The van der Waals surface area contributed by atoms with Gasteiger partial charge in [0.2, 0.25) is 5.91 Å². The van der Waals surface area contributed by atoms with Gasteiger partial charge in [0.15, 0.2) is 0 Å². The van der Waals surface area contributed by atoms with E-state index in [9.17, 15) is 4.79 Å². The lowest BCUT2D eigenvalue weighted by atomic mass is 9.58. The normalized spacial score (nSPS) is 35.8. The number of hydrogen-bond acceptors (Lipinski definition) is 2. The van der Waals surface area contributed by atoms with Crippen molar-refractivity contribution in [2.24, 2.45) is 22.5 Å². The van der Waals surface area contributed by atoms with Crippen LogP contribution in [0.1, 0.15) is 53.4 Å². The lowest BCUT2D eigenvalue weighted by Gasteiger charge is -2.55. The first-order valence-corrected chi connectivity index (χ1v) is 9.28. The second-order valence-corrected chi connectivity index (χ2v) is 8.84. The SMILES string of the molecule is C=CC1=C(/C=C(\C)C(N)=O)[C@]2(C)CCN(CC3(C)CC3)C(C1)C2C. The highest BCUT2D eigenvalue weighted by atomic mass is 16.1. The molecule has 1 amide bonds. The van der Waals surface area contributed by atoms with E-state index < -0.39 is 0 Å². The van der Waals surface area contributed by atoms with Gasteiger partial charge in [-0.2, -0.15) is 0 Å². The van der Waals surface area contributed by atoms with Crippen LogP contribution < -0.4 is 5.73 Å². The third-order valence-corrected chi connectivity index (χ3v) is 7.04. The summed E-state index contributed by atoms with van der Waals surface area (Å²) in [5.74, 6) is 0.243. The maximum atomic E-state index is 11.5. The molecular weight excluding hydrogens is 296 g/mol. The van der Waals surface area contributed by atoms with Gasteiger partial charge in [0.1, 0.15) is 0 Å². The van der Waals surface area contributed by atoms with Gasteiger partial charge in [-0.3, -0.25) is 9.69 Å². The van der Waals surface area contributed by atoms with E-state index >= 15 is 0 Å². The Hall–Kier alpha value is -1.35. The minimum atomic E-state index is -0.330. The van der Waals surface area contributed by atoms with Crippen LogP contribution in [0.4, 0.5) is 0 Å². The number of piperidine rings is 1. The number of primary amides is 1. The van der Waals surface area contributed by atoms with Gasteiger partial charge in [-0.05, 0) is 73.1 Å². The lowest BCUT2D eigenvalue weighted by molar-refractivity contribution is -0.114. The molecule has 2 fully saturated rings. The third kappa shape index (κ3) is 2.88. The van der Waals surface area contributed by atoms with E-state index in [4.69, 9.17) is 5.73 Å². The van der Waals surface area contributed by atoms with Crippen molar-refractivity contribution in [1.29, 1.82) is 0 Å². The minimum absolute atomic E-state index is 0.101. The lowest BCUT2D eigenvalue weighted by Crippen LogP contribution is -2.56. The van der Waals surface area contributed by atoms with Crippen molar-refractivity contribution in [2.75, 3.05) is 13.1 Å². The van der Waals surface area contributed by atoms with Crippen LogP contribution in [0.5, 0.6) is 0 Å². The molecule has 2 aliphatic carbocycles. The van der Waals surface area contributed by atoms with Gasteiger partial charge in [-0.25, -0.2) is 0 Å². The smallest absolute Gasteiger partial charge is 0.244 e. The van der Waals surface area contributed by atoms with Crippen molar-refractivity contribution in [3.05, 3.63) is 35.5 Å². The Kier molecular flexibility index (Phi) is 4.28. The first-order valence-electron chi connectivity index (χ1n) is 9.28. The predicted octanol–water partition coefficient (Wildman–Crippen LogP) is 3.82. The molecule has 3 atom stereocenters. The highest BCUT2D eigenvalue weighted by molar-refractivity contribution is 5.91. The zero-order valence-electron chi connectivity index (χ0n) is 15.7. The van der Waals surface area contributed by atoms with Crippen molar-refractivity contribution in [3.63, 3.8) is 0 Å². The molecule has 0 aromatic heterocycles. The number of nitrogens with two attached hydrogens (primary N) is 1. The largest absolute Gasteiger partial charge is 0.366 e. The fourth-order valence-electron chi connectivity index (χ4n) is 4.69. The van der Waals surface area contributed by atoms with Crippen LogP contribution in [-0.4, -0.2) is 29.9 Å². The van der Waals surface area contributed by atoms with Crippen molar-refractivity contribution in [2.45, 2.75) is 59.4 Å². The van der Waals surface area contributed by atoms with Crippen molar-refractivity contribution < 1.29 is 4.79 Å². The summed E-state index contributed by atoms with van der Waals surface area (Å²) >= 11 is 0. The quantitative estimate of drug-likeness (QED) is 0.780. The maximum Gasteiger partial charge on any atom is 0.244 e. The van der Waals surface area contributed by atoms with Crippen LogP contribution in [0.3, 0.4) is 0 Å². The molecule has 0 spiro atoms. The predicted molar refractivity (Wildman–Crippen MR) is 99.4 cm³/mol. The Morgan fingerprint density at radius 3 is 2.58 bits per heavy atom. The Morgan fingerprint density at radius 2 is 2.04 bits per heavy atom. The Bertz CT molecular complexity index is 626. The van der Waals surface area contributed by atoms with Crippen LogP contribution in [0.15, 0.2) is 35.5 Å². The topological polar surface area (TPSA) is 46.3 Å². The summed E-state index contributed by atoms with van der Waals surface area (Å²) in [4.78, 5) is 14.3. The molecule has 3 aliphatic rings. The van der Waals surface area contributed by atoms with Crippen LogP contribution in [0.25, 0.3) is 0 Å². The first kappa shape index (κ1) is 17.5. The monoisotopic (exact) mass is 328 g/mol. The third-order valence-electron chi connectivity index (χ3n) is 7.04. The molecule has 1 saturated heterocycles. The van der Waals surface area contributed by atoms with Crippen LogP contribution in [0.2, 0.25) is 0 Å². The molecule has 3 nitrogen and oxygen atoms in total. The summed E-state index contributed by atoms with van der Waals surface area (Å²) in [6.45, 7) is 15.4. The number of rotatable bonds is 5. The molecule has 2 unspecified atom stereocenters. The van der Waals surface area contributed by atoms with Gasteiger partial charge >= 0.3 is 0 Å². The average molecular weight is 329 g/mol.